The summed E-state index contributed by atoms with van der Waals surface area (Å²) in [5.41, 5.74) is 7.75. The molecule has 2 aromatic carbocycles. The second kappa shape index (κ2) is 7.22. The zero-order valence-electron chi connectivity index (χ0n) is 12.1. The first-order chi connectivity index (χ1) is 10.6. The topological polar surface area (TPSA) is 69.4 Å². The lowest BCUT2D eigenvalue weighted by Gasteiger charge is -2.13. The maximum absolute atomic E-state index is 11.7. The van der Waals surface area contributed by atoms with Gasteiger partial charge in [0, 0.05) is 18.4 Å². The van der Waals surface area contributed by atoms with Gasteiger partial charge in [0.1, 0.15) is 5.75 Å². The van der Waals surface area contributed by atoms with Crippen LogP contribution >= 0.6 is 0 Å². The molecular formula is C18H17NO3. The van der Waals surface area contributed by atoms with E-state index in [-0.39, 0.29) is 12.2 Å². The van der Waals surface area contributed by atoms with Crippen LogP contribution in [0.15, 0.2) is 61.2 Å². The lowest BCUT2D eigenvalue weighted by molar-refractivity contribution is -0.114. The van der Waals surface area contributed by atoms with Crippen molar-refractivity contribution in [2.24, 2.45) is 5.73 Å². The first kappa shape index (κ1) is 15.5. The molecule has 0 atom stereocenters. The van der Waals surface area contributed by atoms with Crippen LogP contribution in [-0.4, -0.2) is 11.9 Å². The highest BCUT2D eigenvalue weighted by atomic mass is 16.5. The predicted molar refractivity (Wildman–Crippen MR) is 84.8 cm³/mol. The highest BCUT2D eigenvalue weighted by Crippen LogP contribution is 2.26. The molecule has 0 radical (unpaired) electrons. The van der Waals surface area contributed by atoms with E-state index in [1.54, 1.807) is 12.1 Å². The van der Waals surface area contributed by atoms with Crippen molar-refractivity contribution in [2.45, 2.75) is 12.8 Å². The summed E-state index contributed by atoms with van der Waals surface area (Å²) in [4.78, 5) is 22.7. The molecule has 0 aromatic heterocycles. The highest BCUT2D eigenvalue weighted by Gasteiger charge is 2.14. The summed E-state index contributed by atoms with van der Waals surface area (Å²) >= 11 is 0. The largest absolute Gasteiger partial charge is 0.410 e. The maximum atomic E-state index is 11.7. The molecule has 4 nitrogen and oxygen atoms in total. The molecule has 2 aromatic rings. The van der Waals surface area contributed by atoms with Gasteiger partial charge in [-0.15, -0.1) is 0 Å². The average molecular weight is 295 g/mol. The Hall–Kier alpha value is -2.88. The minimum Gasteiger partial charge on any atom is -0.410 e. The van der Waals surface area contributed by atoms with Crippen molar-refractivity contribution in [2.75, 3.05) is 0 Å². The van der Waals surface area contributed by atoms with Gasteiger partial charge in [-0.3, -0.25) is 4.79 Å². The smallest absolute Gasteiger partial charge is 0.409 e. The highest BCUT2D eigenvalue weighted by molar-refractivity contribution is 5.91. The van der Waals surface area contributed by atoms with Gasteiger partial charge in [-0.25, -0.2) is 4.79 Å². The van der Waals surface area contributed by atoms with Gasteiger partial charge in [-0.05, 0) is 23.3 Å². The number of carbonyl (C=O) groups is 2. The summed E-state index contributed by atoms with van der Waals surface area (Å²) in [5, 5.41) is 0. The Morgan fingerprint density at radius 2 is 1.82 bits per heavy atom. The number of ether oxygens (including phenoxy) is 1. The number of hydrogen-bond acceptors (Lipinski definition) is 3. The summed E-state index contributed by atoms with van der Waals surface area (Å²) < 4.78 is 5.08. The number of primary amides is 1. The van der Waals surface area contributed by atoms with E-state index in [2.05, 4.69) is 6.58 Å². The normalized spacial score (nSPS) is 10.0. The van der Waals surface area contributed by atoms with Gasteiger partial charge in [-0.2, -0.15) is 0 Å². The molecule has 0 aliphatic rings. The van der Waals surface area contributed by atoms with E-state index in [1.165, 1.54) is 6.08 Å². The summed E-state index contributed by atoms with van der Waals surface area (Å²) in [6.07, 6.45) is 1.17. The van der Waals surface area contributed by atoms with Crippen LogP contribution in [0.1, 0.15) is 16.7 Å². The number of carbonyl (C=O) groups excluding carboxylic acids is 2. The third-order valence-corrected chi connectivity index (χ3v) is 3.26. The van der Waals surface area contributed by atoms with Gasteiger partial charge in [0.05, 0.1) is 0 Å². The second-order valence-electron chi connectivity index (χ2n) is 4.82. The van der Waals surface area contributed by atoms with E-state index < -0.39 is 6.09 Å². The SMILES string of the molecule is C=CC(=O)Cc1cccc(OC(N)=O)c1Cc1ccccc1. The Kier molecular flexibility index (Phi) is 5.09. The zero-order chi connectivity index (χ0) is 15.9. The number of allylic oxidation sites excluding steroid dienone is 1. The molecule has 4 heteroatoms. The van der Waals surface area contributed by atoms with Crippen LogP contribution in [0.5, 0.6) is 5.75 Å². The summed E-state index contributed by atoms with van der Waals surface area (Å²) in [5.74, 6) is 0.288. The Morgan fingerprint density at radius 1 is 1.09 bits per heavy atom. The maximum Gasteiger partial charge on any atom is 0.409 e. The molecule has 2 rings (SSSR count). The van der Waals surface area contributed by atoms with Gasteiger partial charge in [0.15, 0.2) is 5.78 Å². The van der Waals surface area contributed by atoms with Gasteiger partial charge in [-0.1, -0.05) is 49.0 Å². The summed E-state index contributed by atoms with van der Waals surface area (Å²) in [6.45, 7) is 3.49. The minimum absolute atomic E-state index is 0.0921. The predicted octanol–water partition coefficient (Wildman–Crippen LogP) is 3.03. The molecule has 1 amide bonds. The fourth-order valence-corrected chi connectivity index (χ4v) is 2.24. The van der Waals surface area contributed by atoms with Crippen molar-refractivity contribution in [3.63, 3.8) is 0 Å². The van der Waals surface area contributed by atoms with Crippen LogP contribution < -0.4 is 10.5 Å². The lowest BCUT2D eigenvalue weighted by atomic mass is 9.95. The van der Waals surface area contributed by atoms with Crippen LogP contribution in [0.3, 0.4) is 0 Å². The molecule has 2 N–H and O–H groups in total. The molecule has 0 heterocycles. The van der Waals surface area contributed by atoms with Gasteiger partial charge in [0.25, 0.3) is 0 Å². The molecule has 112 valence electrons. The second-order valence-corrected chi connectivity index (χ2v) is 4.82. The molecule has 0 bridgehead atoms. The number of rotatable bonds is 6. The van der Waals surface area contributed by atoms with E-state index >= 15 is 0 Å². The summed E-state index contributed by atoms with van der Waals surface area (Å²) in [7, 11) is 0. The average Bonchev–Trinajstić information content (AvgIpc) is 2.50. The number of nitrogens with two attached hydrogens (primary N) is 1. The van der Waals surface area contributed by atoms with Gasteiger partial charge in [0.2, 0.25) is 0 Å². The van der Waals surface area contributed by atoms with Crippen LogP contribution in [-0.2, 0) is 17.6 Å². The van der Waals surface area contributed by atoms with E-state index in [0.717, 1.165) is 16.7 Å². The van der Waals surface area contributed by atoms with E-state index in [0.29, 0.717) is 12.2 Å². The Labute approximate surface area is 129 Å². The van der Waals surface area contributed by atoms with E-state index in [1.807, 2.05) is 36.4 Å². The van der Waals surface area contributed by atoms with Crippen molar-refractivity contribution in [1.29, 1.82) is 0 Å². The first-order valence-electron chi connectivity index (χ1n) is 6.87. The molecule has 0 aliphatic carbocycles. The quantitative estimate of drug-likeness (QED) is 0.833. The molecule has 0 fully saturated rings. The number of amides is 1. The van der Waals surface area contributed by atoms with Gasteiger partial charge >= 0.3 is 6.09 Å². The van der Waals surface area contributed by atoms with Gasteiger partial charge < -0.3 is 10.5 Å². The third-order valence-electron chi connectivity index (χ3n) is 3.26. The zero-order valence-corrected chi connectivity index (χ0v) is 12.1. The van der Waals surface area contributed by atoms with Crippen molar-refractivity contribution in [3.8, 4) is 5.75 Å². The van der Waals surface area contributed by atoms with E-state index in [4.69, 9.17) is 10.5 Å². The molecule has 0 unspecified atom stereocenters. The third kappa shape index (κ3) is 4.06. The molecule has 0 spiro atoms. The molecule has 22 heavy (non-hydrogen) atoms. The standard InChI is InChI=1S/C18H17NO3/c1-2-15(20)12-14-9-6-10-17(22-18(19)21)16(14)11-13-7-4-3-5-8-13/h2-10H,1,11-12H2,(H2,19,21). The first-order valence-corrected chi connectivity index (χ1v) is 6.87. The fraction of sp³-hybridized carbons (Fsp3) is 0.111. The van der Waals surface area contributed by atoms with Crippen molar-refractivity contribution < 1.29 is 14.3 Å². The lowest BCUT2D eigenvalue weighted by Crippen LogP contribution is -2.18. The summed E-state index contributed by atoms with van der Waals surface area (Å²) in [6, 6.07) is 15.0. The molecule has 0 aliphatic heterocycles. The van der Waals surface area contributed by atoms with Crippen LogP contribution in [0.25, 0.3) is 0 Å². The Bertz CT molecular complexity index is 693. The van der Waals surface area contributed by atoms with Crippen LogP contribution in [0, 0.1) is 0 Å². The number of ketones is 1. The Balaban J connectivity index is 2.42. The number of benzene rings is 2. The van der Waals surface area contributed by atoms with Crippen LogP contribution in [0.2, 0.25) is 0 Å². The molecule has 0 saturated carbocycles. The van der Waals surface area contributed by atoms with Crippen molar-refractivity contribution in [1.82, 2.24) is 0 Å². The molecule has 0 saturated heterocycles. The number of hydrogen-bond donors (Lipinski definition) is 1. The molecular weight excluding hydrogens is 278 g/mol. The van der Waals surface area contributed by atoms with Crippen molar-refractivity contribution >= 4 is 11.9 Å². The van der Waals surface area contributed by atoms with E-state index in [9.17, 15) is 9.59 Å². The Morgan fingerprint density at radius 3 is 2.45 bits per heavy atom. The van der Waals surface area contributed by atoms with Crippen molar-refractivity contribution in [3.05, 3.63) is 77.9 Å². The fourth-order valence-electron chi connectivity index (χ4n) is 2.24. The van der Waals surface area contributed by atoms with Crippen LogP contribution in [0.4, 0.5) is 4.79 Å². The monoisotopic (exact) mass is 295 g/mol. The minimum atomic E-state index is -0.874.